The molecule has 2 bridgehead atoms. The Hall–Kier alpha value is 1.46. The van der Waals surface area contributed by atoms with Gasteiger partial charge in [0, 0.05) is 3.92 Å². The minimum absolute atomic E-state index is 1.03. The average Bonchev–Trinajstić information content (AvgIpc) is 2.47. The van der Waals surface area contributed by atoms with Crippen LogP contribution >= 0.6 is 45.2 Å². The molecule has 2 aliphatic carbocycles. The summed E-state index contributed by atoms with van der Waals surface area (Å²) in [5.74, 6) is 3.34. The highest BCUT2D eigenvalue weighted by Crippen LogP contribution is 2.52. The maximum absolute atomic E-state index is 2.66. The van der Waals surface area contributed by atoms with E-state index in [0.29, 0.717) is 0 Å². The van der Waals surface area contributed by atoms with Crippen molar-refractivity contribution in [1.29, 1.82) is 0 Å². The molecule has 11 heavy (non-hydrogen) atoms. The third-order valence-corrected chi connectivity index (χ3v) is 5.55. The Morgan fingerprint density at radius 2 is 1.91 bits per heavy atom. The molecule has 2 saturated carbocycles. The van der Waals surface area contributed by atoms with Crippen LogP contribution in [0.4, 0.5) is 0 Å². The van der Waals surface area contributed by atoms with Crippen LogP contribution in [0.15, 0.2) is 0 Å². The van der Waals surface area contributed by atoms with E-state index < -0.39 is 0 Å². The third-order valence-electron chi connectivity index (χ3n) is 3.40. The molecule has 4 atom stereocenters. The van der Waals surface area contributed by atoms with Crippen LogP contribution in [-0.2, 0) is 0 Å². The highest BCUT2D eigenvalue weighted by Gasteiger charge is 2.43. The molecule has 0 aromatic carbocycles. The van der Waals surface area contributed by atoms with Crippen molar-refractivity contribution < 1.29 is 0 Å². The van der Waals surface area contributed by atoms with Crippen molar-refractivity contribution in [3.05, 3.63) is 0 Å². The standard InChI is InChI=1S/C9H14I2/c10-2-1-6-3-8-4-7(6)5-9(8)11/h6-9H,1-5H2. The summed E-state index contributed by atoms with van der Waals surface area (Å²) in [6.07, 6.45) is 6.15. The third kappa shape index (κ3) is 1.71. The first-order chi connectivity index (χ1) is 5.31. The molecule has 2 heteroatoms. The summed E-state index contributed by atoms with van der Waals surface area (Å²) >= 11 is 5.18. The van der Waals surface area contributed by atoms with Crippen molar-refractivity contribution in [3.8, 4) is 0 Å². The normalized spacial score (nSPS) is 48.5. The zero-order valence-electron chi connectivity index (χ0n) is 6.60. The molecule has 2 fully saturated rings. The second-order valence-corrected chi connectivity index (χ2v) is 6.66. The molecule has 0 aromatic rings. The van der Waals surface area contributed by atoms with Gasteiger partial charge < -0.3 is 0 Å². The van der Waals surface area contributed by atoms with Crippen molar-refractivity contribution in [2.24, 2.45) is 17.8 Å². The number of fused-ring (bicyclic) bond motifs is 2. The molecule has 0 spiro atoms. The largest absolute Gasteiger partial charge is 0.0864 e. The van der Waals surface area contributed by atoms with Gasteiger partial charge in [-0.25, -0.2) is 0 Å². The summed E-state index contributed by atoms with van der Waals surface area (Å²) < 4.78 is 2.40. The van der Waals surface area contributed by atoms with Crippen molar-refractivity contribution >= 4 is 45.2 Å². The van der Waals surface area contributed by atoms with Gasteiger partial charge in [0.2, 0.25) is 0 Å². The van der Waals surface area contributed by atoms with E-state index in [9.17, 15) is 0 Å². The van der Waals surface area contributed by atoms with Crippen LogP contribution in [0.5, 0.6) is 0 Å². The van der Waals surface area contributed by atoms with Crippen LogP contribution in [0, 0.1) is 17.8 Å². The molecular weight excluding hydrogens is 362 g/mol. The number of hydrogen-bond donors (Lipinski definition) is 0. The van der Waals surface area contributed by atoms with Gasteiger partial charge in [-0.2, -0.15) is 0 Å². The van der Waals surface area contributed by atoms with E-state index in [1.54, 1.807) is 12.8 Å². The van der Waals surface area contributed by atoms with E-state index >= 15 is 0 Å². The zero-order chi connectivity index (χ0) is 7.84. The molecule has 0 radical (unpaired) electrons. The van der Waals surface area contributed by atoms with E-state index in [4.69, 9.17) is 0 Å². The second-order valence-electron chi connectivity index (χ2n) is 3.98. The van der Waals surface area contributed by atoms with Gasteiger partial charge in [-0.1, -0.05) is 45.2 Å². The number of rotatable bonds is 2. The van der Waals surface area contributed by atoms with Crippen LogP contribution < -0.4 is 0 Å². The fourth-order valence-corrected chi connectivity index (χ4v) is 4.86. The molecule has 0 saturated heterocycles. The second kappa shape index (κ2) is 3.68. The van der Waals surface area contributed by atoms with Gasteiger partial charge in [0.25, 0.3) is 0 Å². The van der Waals surface area contributed by atoms with E-state index in [-0.39, 0.29) is 0 Å². The molecule has 0 amide bonds. The van der Waals surface area contributed by atoms with Gasteiger partial charge in [0.15, 0.2) is 0 Å². The van der Waals surface area contributed by atoms with Crippen LogP contribution in [0.1, 0.15) is 25.7 Å². The molecule has 2 rings (SSSR count). The van der Waals surface area contributed by atoms with E-state index in [2.05, 4.69) is 45.2 Å². The topological polar surface area (TPSA) is 0 Å². The first-order valence-corrected chi connectivity index (χ1v) is 7.28. The van der Waals surface area contributed by atoms with Gasteiger partial charge in [0.05, 0.1) is 0 Å². The Labute approximate surface area is 96.2 Å². The summed E-state index contributed by atoms with van der Waals surface area (Å²) in [5, 5.41) is 0. The quantitative estimate of drug-likeness (QED) is 0.510. The summed E-state index contributed by atoms with van der Waals surface area (Å²) in [5.41, 5.74) is 0. The Morgan fingerprint density at radius 3 is 2.36 bits per heavy atom. The van der Waals surface area contributed by atoms with Gasteiger partial charge in [0.1, 0.15) is 0 Å². The van der Waals surface area contributed by atoms with Crippen molar-refractivity contribution in [3.63, 3.8) is 0 Å². The number of alkyl halides is 2. The van der Waals surface area contributed by atoms with Crippen LogP contribution in [0.25, 0.3) is 0 Å². The Morgan fingerprint density at radius 1 is 1.09 bits per heavy atom. The maximum Gasteiger partial charge on any atom is 0.0141 e. The first-order valence-electron chi connectivity index (χ1n) is 4.51. The van der Waals surface area contributed by atoms with E-state index in [1.807, 2.05) is 0 Å². The SMILES string of the molecule is ICCC1CC2CC1CC2I. The molecule has 0 aliphatic heterocycles. The minimum atomic E-state index is 1.03. The van der Waals surface area contributed by atoms with Gasteiger partial charge in [-0.05, 0) is 47.9 Å². The van der Waals surface area contributed by atoms with Crippen LogP contribution in [-0.4, -0.2) is 8.35 Å². The fourth-order valence-electron chi connectivity index (χ4n) is 2.82. The monoisotopic (exact) mass is 376 g/mol. The van der Waals surface area contributed by atoms with Gasteiger partial charge in [-0.3, -0.25) is 0 Å². The number of hydrogen-bond acceptors (Lipinski definition) is 0. The smallest absolute Gasteiger partial charge is 0.0141 e. The fraction of sp³-hybridized carbons (Fsp3) is 1.00. The van der Waals surface area contributed by atoms with Crippen LogP contribution in [0.2, 0.25) is 0 Å². The van der Waals surface area contributed by atoms with Crippen molar-refractivity contribution in [2.45, 2.75) is 29.6 Å². The number of halogens is 2. The van der Waals surface area contributed by atoms with Gasteiger partial charge in [-0.15, -0.1) is 0 Å². The lowest BCUT2D eigenvalue weighted by Crippen LogP contribution is -2.17. The lowest BCUT2D eigenvalue weighted by molar-refractivity contribution is 0.338. The molecule has 0 nitrogen and oxygen atoms in total. The molecular formula is C9H14I2. The predicted molar refractivity (Wildman–Crippen MR) is 65.6 cm³/mol. The first kappa shape index (κ1) is 9.03. The molecule has 64 valence electrons. The zero-order valence-corrected chi connectivity index (χ0v) is 10.9. The Balaban J connectivity index is 1.92. The van der Waals surface area contributed by atoms with Crippen molar-refractivity contribution in [1.82, 2.24) is 0 Å². The summed E-state index contributed by atoms with van der Waals surface area (Å²) in [6.45, 7) is 0. The van der Waals surface area contributed by atoms with Crippen LogP contribution in [0.3, 0.4) is 0 Å². The molecule has 2 aliphatic rings. The maximum atomic E-state index is 2.66. The molecule has 0 N–H and O–H groups in total. The lowest BCUT2D eigenvalue weighted by atomic mass is 9.87. The highest BCUT2D eigenvalue weighted by molar-refractivity contribution is 14.1. The molecule has 4 unspecified atom stereocenters. The lowest BCUT2D eigenvalue weighted by Gasteiger charge is -2.23. The summed E-state index contributed by atoms with van der Waals surface area (Å²) in [7, 11) is 0. The molecule has 0 heterocycles. The summed E-state index contributed by atoms with van der Waals surface area (Å²) in [6, 6.07) is 0. The van der Waals surface area contributed by atoms with E-state index in [0.717, 1.165) is 21.7 Å². The van der Waals surface area contributed by atoms with E-state index in [1.165, 1.54) is 17.3 Å². The van der Waals surface area contributed by atoms with Crippen molar-refractivity contribution in [2.75, 3.05) is 4.43 Å². The minimum Gasteiger partial charge on any atom is -0.0864 e. The Kier molecular flexibility index (Phi) is 3.02. The average molecular weight is 376 g/mol. The predicted octanol–water partition coefficient (Wildman–Crippen LogP) is 3.66. The Bertz CT molecular complexity index is 144. The molecule has 0 aromatic heterocycles. The summed E-state index contributed by atoms with van der Waals surface area (Å²) in [4.78, 5) is 0. The highest BCUT2D eigenvalue weighted by atomic mass is 127. The van der Waals surface area contributed by atoms with Gasteiger partial charge >= 0.3 is 0 Å².